The molecule has 0 aromatic heterocycles. The van der Waals surface area contributed by atoms with Crippen molar-refractivity contribution >= 4 is 25.2 Å². The van der Waals surface area contributed by atoms with Crippen molar-refractivity contribution in [2.75, 3.05) is 13.2 Å². The molecule has 0 unspecified atom stereocenters. The summed E-state index contributed by atoms with van der Waals surface area (Å²) >= 11 is 0. The van der Waals surface area contributed by atoms with Crippen molar-refractivity contribution in [3.8, 4) is 0 Å². The molecule has 0 saturated carbocycles. The maximum absolute atomic E-state index is 13.2. The number of rotatable bonds is 6. The van der Waals surface area contributed by atoms with Gasteiger partial charge in [0.25, 0.3) is 0 Å². The molecule has 268 valence electrons. The second-order valence-corrected chi connectivity index (χ2v) is 14.4. The van der Waals surface area contributed by atoms with E-state index in [1.54, 1.807) is 13.8 Å². The number of aliphatic hydroxyl groups excluding tert-OH is 2. The molecule has 4 rings (SSSR count). The highest BCUT2D eigenvalue weighted by atomic mass is 19.4. The first-order valence-corrected chi connectivity index (χ1v) is 15.2. The Hall–Kier alpha value is -2.17. The molecule has 48 heavy (non-hydrogen) atoms. The lowest BCUT2D eigenvalue weighted by Crippen LogP contribution is -2.47. The molecule has 16 heteroatoms. The third kappa shape index (κ3) is 7.18. The fourth-order valence-corrected chi connectivity index (χ4v) is 4.93. The lowest BCUT2D eigenvalue weighted by Gasteiger charge is -2.32. The number of hydrogen-bond donors (Lipinski definition) is 4. The van der Waals surface area contributed by atoms with Crippen LogP contribution in [-0.4, -0.2) is 82.6 Å². The van der Waals surface area contributed by atoms with E-state index in [4.69, 9.17) is 28.8 Å². The Morgan fingerprint density at radius 1 is 0.542 bits per heavy atom. The first kappa shape index (κ1) is 40.3. The summed E-state index contributed by atoms with van der Waals surface area (Å²) in [7, 11) is -1.71. The third-order valence-electron chi connectivity index (χ3n) is 9.92. The monoisotopic (exact) mass is 692 g/mol. The van der Waals surface area contributed by atoms with Crippen molar-refractivity contribution in [2.24, 2.45) is 0 Å². The topological polar surface area (TPSA) is 118 Å². The normalized spacial score (nSPS) is 22.5. The van der Waals surface area contributed by atoms with Gasteiger partial charge in [0.15, 0.2) is 0 Å². The quantitative estimate of drug-likeness (QED) is 0.265. The Morgan fingerprint density at radius 2 is 0.792 bits per heavy atom. The molecule has 2 aliphatic rings. The van der Waals surface area contributed by atoms with Gasteiger partial charge in [-0.2, -0.15) is 26.3 Å². The van der Waals surface area contributed by atoms with Crippen LogP contribution in [0.3, 0.4) is 0 Å². The van der Waals surface area contributed by atoms with E-state index in [0.717, 1.165) is 12.1 Å². The van der Waals surface area contributed by atoms with E-state index in [1.165, 1.54) is 24.3 Å². The maximum atomic E-state index is 13.2. The minimum absolute atomic E-state index is 0.391. The molecule has 2 saturated heterocycles. The van der Waals surface area contributed by atoms with Crippen molar-refractivity contribution in [1.29, 1.82) is 0 Å². The molecule has 0 bridgehead atoms. The molecule has 2 fully saturated rings. The molecule has 0 radical (unpaired) electrons. The molecule has 2 aromatic rings. The van der Waals surface area contributed by atoms with Crippen LogP contribution < -0.4 is 10.9 Å². The first-order valence-electron chi connectivity index (χ1n) is 15.2. The zero-order chi connectivity index (χ0) is 37.1. The SMILES string of the molecule is Cc1ccc([C@@](O)(CO)C(F)(F)F)cc1B1OC(C)(C)C(C)(C)O1.Cc1ccc([C@](O)(CO)C(F)(F)F)cc1B1OC(C)(C)C(C)(C)O1. The van der Waals surface area contributed by atoms with Gasteiger partial charge in [-0.15, -0.1) is 0 Å². The summed E-state index contributed by atoms with van der Waals surface area (Å²) in [4.78, 5) is 0. The maximum Gasteiger partial charge on any atom is 0.495 e. The van der Waals surface area contributed by atoms with Crippen LogP contribution in [0.25, 0.3) is 0 Å². The molecule has 0 amide bonds. The zero-order valence-corrected chi connectivity index (χ0v) is 28.7. The lowest BCUT2D eigenvalue weighted by molar-refractivity contribution is -0.277. The zero-order valence-electron chi connectivity index (χ0n) is 28.7. The van der Waals surface area contributed by atoms with Crippen LogP contribution in [0.1, 0.15) is 77.6 Å². The summed E-state index contributed by atoms with van der Waals surface area (Å²) in [6, 6.07) is 7.55. The summed E-state index contributed by atoms with van der Waals surface area (Å²) in [6.45, 7) is 15.2. The van der Waals surface area contributed by atoms with E-state index in [2.05, 4.69) is 0 Å². The van der Waals surface area contributed by atoms with Crippen LogP contribution in [0.4, 0.5) is 26.3 Å². The molecule has 8 nitrogen and oxygen atoms in total. The molecule has 0 aliphatic carbocycles. The van der Waals surface area contributed by atoms with Crippen LogP contribution in [0.5, 0.6) is 0 Å². The average molecular weight is 692 g/mol. The Morgan fingerprint density at radius 3 is 1.00 bits per heavy atom. The van der Waals surface area contributed by atoms with Crippen LogP contribution in [-0.2, 0) is 29.8 Å². The fraction of sp³-hybridized carbons (Fsp3) is 0.625. The molecule has 2 heterocycles. The number of benzene rings is 2. The van der Waals surface area contributed by atoms with Gasteiger partial charge >= 0.3 is 26.6 Å². The lowest BCUT2D eigenvalue weighted by atomic mass is 9.74. The van der Waals surface area contributed by atoms with E-state index in [1.807, 2.05) is 55.4 Å². The predicted molar refractivity (Wildman–Crippen MR) is 168 cm³/mol. The summed E-state index contributed by atoms with van der Waals surface area (Å²) in [6.07, 6.45) is -10.0. The molecule has 4 N–H and O–H groups in total. The van der Waals surface area contributed by atoms with E-state index in [-0.39, 0.29) is 0 Å². The molecular formula is C32H44B2F6O8. The largest absolute Gasteiger partial charge is 0.495 e. The van der Waals surface area contributed by atoms with Gasteiger partial charge in [-0.1, -0.05) is 47.5 Å². The summed E-state index contributed by atoms with van der Waals surface area (Å²) < 4.78 is 103. The number of aliphatic hydroxyl groups is 4. The Kier molecular flexibility index (Phi) is 10.8. The van der Waals surface area contributed by atoms with Crippen LogP contribution in [0.2, 0.25) is 0 Å². The van der Waals surface area contributed by atoms with Gasteiger partial charge in [0, 0.05) is 0 Å². The summed E-state index contributed by atoms with van der Waals surface area (Å²) in [5, 5.41) is 38.1. The molecule has 2 aromatic carbocycles. The van der Waals surface area contributed by atoms with Crippen LogP contribution >= 0.6 is 0 Å². The molecule has 0 spiro atoms. The van der Waals surface area contributed by atoms with E-state index in [9.17, 15) is 36.6 Å². The van der Waals surface area contributed by atoms with Crippen molar-refractivity contribution in [3.05, 3.63) is 58.7 Å². The second kappa shape index (κ2) is 12.9. The predicted octanol–water partition coefficient (Wildman–Crippen LogP) is 4.07. The van der Waals surface area contributed by atoms with Gasteiger partial charge < -0.3 is 39.0 Å². The van der Waals surface area contributed by atoms with E-state index >= 15 is 0 Å². The van der Waals surface area contributed by atoms with Crippen molar-refractivity contribution < 1.29 is 65.4 Å². The van der Waals surface area contributed by atoms with Gasteiger partial charge in [-0.25, -0.2) is 0 Å². The molecule has 2 aliphatic heterocycles. The Bertz CT molecular complexity index is 1340. The van der Waals surface area contributed by atoms with Crippen molar-refractivity contribution in [2.45, 2.75) is 115 Å². The number of aryl methyl sites for hydroxylation is 2. The number of halogens is 6. The van der Waals surface area contributed by atoms with Crippen molar-refractivity contribution in [3.63, 3.8) is 0 Å². The number of alkyl halides is 6. The molecular weight excluding hydrogens is 648 g/mol. The van der Waals surface area contributed by atoms with Gasteiger partial charge in [0.05, 0.1) is 35.6 Å². The molecule has 2 atom stereocenters. The standard InChI is InChI=1S/2C16H22BF3O4/c2*1-10-6-7-11(15(22,9-21)16(18,19)20)8-12(10)17-23-13(2,3)14(4,5)24-17/h2*6-8,21-22H,9H2,1-5H3/t2*15-/m10/s1. The van der Waals surface area contributed by atoms with Gasteiger partial charge in [0.1, 0.15) is 0 Å². The average Bonchev–Trinajstić information content (AvgIpc) is 3.30. The number of hydrogen-bond acceptors (Lipinski definition) is 8. The minimum atomic E-state index is -5.01. The van der Waals surface area contributed by atoms with Crippen LogP contribution in [0.15, 0.2) is 36.4 Å². The highest BCUT2D eigenvalue weighted by molar-refractivity contribution is 6.63. The Balaban J connectivity index is 0.000000260. The van der Waals surface area contributed by atoms with E-state index < -0.39 is 84.5 Å². The van der Waals surface area contributed by atoms with Gasteiger partial charge in [0.2, 0.25) is 11.2 Å². The highest BCUT2D eigenvalue weighted by Crippen LogP contribution is 2.42. The first-order chi connectivity index (χ1) is 21.5. The fourth-order valence-electron chi connectivity index (χ4n) is 4.93. The second-order valence-electron chi connectivity index (χ2n) is 14.4. The smallest absolute Gasteiger partial charge is 0.399 e. The Labute approximate surface area is 277 Å². The van der Waals surface area contributed by atoms with E-state index in [0.29, 0.717) is 22.1 Å². The van der Waals surface area contributed by atoms with Crippen molar-refractivity contribution in [1.82, 2.24) is 0 Å². The third-order valence-corrected chi connectivity index (χ3v) is 9.92. The highest BCUT2D eigenvalue weighted by Gasteiger charge is 2.58. The summed E-state index contributed by atoms with van der Waals surface area (Å²) in [5.74, 6) is 0. The summed E-state index contributed by atoms with van der Waals surface area (Å²) in [5.41, 5.74) is -8.02. The van der Waals surface area contributed by atoms with Crippen LogP contribution in [0, 0.1) is 13.8 Å². The van der Waals surface area contributed by atoms with Gasteiger partial charge in [-0.05, 0) is 91.3 Å². The minimum Gasteiger partial charge on any atom is -0.399 e. The van der Waals surface area contributed by atoms with Gasteiger partial charge in [-0.3, -0.25) is 0 Å².